The third-order valence-corrected chi connectivity index (χ3v) is 3.27. The molecule has 0 fully saturated rings. The van der Waals surface area contributed by atoms with Gasteiger partial charge in [0.05, 0.1) is 12.1 Å². The van der Waals surface area contributed by atoms with Crippen LogP contribution in [-0.2, 0) is 6.54 Å². The Balaban J connectivity index is 2.24. The van der Waals surface area contributed by atoms with Gasteiger partial charge < -0.3 is 19.1 Å². The Morgan fingerprint density at radius 2 is 2.00 bits per heavy atom. The predicted molar refractivity (Wildman–Crippen MR) is 70.0 cm³/mol. The normalized spacial score (nSPS) is 13.8. The van der Waals surface area contributed by atoms with Gasteiger partial charge in [0.2, 0.25) is 0 Å². The number of fused-ring (bicyclic) bond motifs is 2. The summed E-state index contributed by atoms with van der Waals surface area (Å²) in [5.41, 5.74) is 1.52. The topological polar surface area (TPSA) is 60.7 Å². The van der Waals surface area contributed by atoms with Crippen molar-refractivity contribution < 1.29 is 19.4 Å². The number of hydrogen-bond donors (Lipinski definition) is 1. The minimum Gasteiger partial charge on any atom is -0.486 e. The van der Waals surface area contributed by atoms with Crippen LogP contribution in [0.4, 0.5) is 0 Å². The molecule has 0 atom stereocenters. The fraction of sp³-hybridized carbons (Fsp3) is 0.357. The van der Waals surface area contributed by atoms with E-state index in [0.29, 0.717) is 36.8 Å². The van der Waals surface area contributed by atoms with Crippen molar-refractivity contribution in [2.24, 2.45) is 0 Å². The number of aliphatic hydroxyl groups excluding tert-OH is 1. The minimum absolute atomic E-state index is 0.00151. The van der Waals surface area contributed by atoms with Crippen molar-refractivity contribution in [1.82, 2.24) is 4.57 Å². The zero-order chi connectivity index (χ0) is 13.4. The molecule has 0 bridgehead atoms. The van der Waals surface area contributed by atoms with Crippen LogP contribution in [0.2, 0.25) is 0 Å². The van der Waals surface area contributed by atoms with Crippen molar-refractivity contribution in [3.05, 3.63) is 23.9 Å². The molecule has 0 spiro atoms. The summed E-state index contributed by atoms with van der Waals surface area (Å²) in [6, 6.07) is 3.71. The lowest BCUT2D eigenvalue weighted by Gasteiger charge is -2.18. The van der Waals surface area contributed by atoms with E-state index >= 15 is 0 Å². The number of Topliss-reactive ketones (excluding diaryl/α,β-unsaturated/α-hetero) is 1. The summed E-state index contributed by atoms with van der Waals surface area (Å²) in [6.45, 7) is 3.05. The molecule has 0 aliphatic carbocycles. The molecule has 0 amide bonds. The maximum absolute atomic E-state index is 11.7. The molecule has 1 aromatic carbocycles. The maximum Gasteiger partial charge on any atom is 0.163 e. The number of nitrogens with zero attached hydrogens (tertiary/aromatic N) is 1. The maximum atomic E-state index is 11.7. The molecule has 1 aliphatic rings. The number of ketones is 1. The van der Waals surface area contributed by atoms with E-state index in [9.17, 15) is 4.79 Å². The smallest absolute Gasteiger partial charge is 0.163 e. The van der Waals surface area contributed by atoms with Gasteiger partial charge in [-0.15, -0.1) is 0 Å². The first kappa shape index (κ1) is 12.0. The van der Waals surface area contributed by atoms with E-state index in [-0.39, 0.29) is 12.4 Å². The van der Waals surface area contributed by atoms with Gasteiger partial charge in [0.25, 0.3) is 0 Å². The van der Waals surface area contributed by atoms with Gasteiger partial charge in [-0.2, -0.15) is 0 Å². The Labute approximate surface area is 110 Å². The summed E-state index contributed by atoms with van der Waals surface area (Å²) in [4.78, 5) is 11.7. The van der Waals surface area contributed by atoms with E-state index in [2.05, 4.69) is 0 Å². The molecule has 3 rings (SSSR count). The van der Waals surface area contributed by atoms with Crippen LogP contribution < -0.4 is 9.47 Å². The fourth-order valence-corrected chi connectivity index (χ4v) is 2.40. The van der Waals surface area contributed by atoms with E-state index in [0.717, 1.165) is 10.9 Å². The number of hydrogen-bond acceptors (Lipinski definition) is 4. The van der Waals surface area contributed by atoms with E-state index < -0.39 is 0 Å². The van der Waals surface area contributed by atoms with Gasteiger partial charge in [0, 0.05) is 29.8 Å². The molecule has 0 saturated heterocycles. The molecule has 19 heavy (non-hydrogen) atoms. The Morgan fingerprint density at radius 3 is 2.63 bits per heavy atom. The Morgan fingerprint density at radius 1 is 1.32 bits per heavy atom. The zero-order valence-electron chi connectivity index (χ0n) is 10.7. The predicted octanol–water partition coefficient (Wildman–Crippen LogP) is 1.61. The van der Waals surface area contributed by atoms with E-state index in [4.69, 9.17) is 14.6 Å². The molecule has 1 N–H and O–H groups in total. The third-order valence-electron chi connectivity index (χ3n) is 3.27. The number of ether oxygens (including phenoxy) is 2. The molecule has 0 saturated carbocycles. The van der Waals surface area contributed by atoms with Crippen LogP contribution in [0.25, 0.3) is 10.9 Å². The number of aromatic nitrogens is 1. The fourth-order valence-electron chi connectivity index (χ4n) is 2.40. The highest BCUT2D eigenvalue weighted by atomic mass is 16.6. The molecule has 5 nitrogen and oxygen atoms in total. The van der Waals surface area contributed by atoms with Crippen LogP contribution in [0.3, 0.4) is 0 Å². The number of carbonyl (C=O) groups is 1. The van der Waals surface area contributed by atoms with E-state index in [1.54, 1.807) is 6.20 Å². The molecule has 0 radical (unpaired) electrons. The molecule has 0 unspecified atom stereocenters. The van der Waals surface area contributed by atoms with Crippen LogP contribution in [0.1, 0.15) is 17.3 Å². The molecule has 2 heterocycles. The third kappa shape index (κ3) is 1.96. The van der Waals surface area contributed by atoms with Crippen molar-refractivity contribution in [3.8, 4) is 11.5 Å². The molecule has 1 aromatic heterocycles. The summed E-state index contributed by atoms with van der Waals surface area (Å²) < 4.78 is 13.0. The Hall–Kier alpha value is -2.01. The summed E-state index contributed by atoms with van der Waals surface area (Å²) in [5, 5.41) is 9.94. The second-order valence-electron chi connectivity index (χ2n) is 4.53. The zero-order valence-corrected chi connectivity index (χ0v) is 10.7. The van der Waals surface area contributed by atoms with Crippen molar-refractivity contribution >= 4 is 16.7 Å². The summed E-state index contributed by atoms with van der Waals surface area (Å²) in [7, 11) is 0. The molecule has 5 heteroatoms. The molecular weight excluding hydrogens is 246 g/mol. The van der Waals surface area contributed by atoms with Crippen molar-refractivity contribution in [2.75, 3.05) is 19.8 Å². The lowest BCUT2D eigenvalue weighted by molar-refractivity contribution is 0.101. The van der Waals surface area contributed by atoms with Crippen LogP contribution in [0, 0.1) is 0 Å². The second-order valence-corrected chi connectivity index (χ2v) is 4.53. The van der Waals surface area contributed by atoms with Gasteiger partial charge in [-0.1, -0.05) is 0 Å². The number of benzene rings is 1. The Kier molecular flexibility index (Phi) is 2.91. The standard InChI is InChI=1S/C14H15NO4/c1-9(17)11-8-15(2-3-16)12-7-14-13(6-10(11)12)18-4-5-19-14/h6-8,16H,2-5H2,1H3. The lowest BCUT2D eigenvalue weighted by atomic mass is 10.1. The number of rotatable bonds is 3. The SMILES string of the molecule is CC(=O)c1cn(CCO)c2cc3c(cc12)OCCO3. The van der Waals surface area contributed by atoms with Gasteiger partial charge in [-0.05, 0) is 13.0 Å². The van der Waals surface area contributed by atoms with Crippen molar-refractivity contribution in [2.45, 2.75) is 13.5 Å². The summed E-state index contributed by atoms with van der Waals surface area (Å²) in [5.74, 6) is 1.35. The summed E-state index contributed by atoms with van der Waals surface area (Å²) >= 11 is 0. The number of aliphatic hydroxyl groups is 1. The van der Waals surface area contributed by atoms with Gasteiger partial charge >= 0.3 is 0 Å². The second kappa shape index (κ2) is 4.59. The monoisotopic (exact) mass is 261 g/mol. The first-order chi connectivity index (χ1) is 9.20. The van der Waals surface area contributed by atoms with Gasteiger partial charge in [0.15, 0.2) is 17.3 Å². The molecule has 1 aliphatic heterocycles. The van der Waals surface area contributed by atoms with Crippen LogP contribution in [0.15, 0.2) is 18.3 Å². The Bertz CT molecular complexity index is 644. The number of carbonyl (C=O) groups excluding carboxylic acids is 1. The van der Waals surface area contributed by atoms with Gasteiger partial charge in [-0.3, -0.25) is 4.79 Å². The largest absolute Gasteiger partial charge is 0.486 e. The highest BCUT2D eigenvalue weighted by molar-refractivity contribution is 6.07. The van der Waals surface area contributed by atoms with Crippen LogP contribution >= 0.6 is 0 Å². The van der Waals surface area contributed by atoms with E-state index in [1.165, 1.54) is 6.92 Å². The first-order valence-corrected chi connectivity index (χ1v) is 6.25. The van der Waals surface area contributed by atoms with Gasteiger partial charge in [0.1, 0.15) is 13.2 Å². The highest BCUT2D eigenvalue weighted by Crippen LogP contribution is 2.36. The summed E-state index contributed by atoms with van der Waals surface area (Å²) in [6.07, 6.45) is 1.77. The molecule has 100 valence electrons. The lowest BCUT2D eigenvalue weighted by Crippen LogP contribution is -2.15. The van der Waals surface area contributed by atoms with Crippen LogP contribution in [0.5, 0.6) is 11.5 Å². The van der Waals surface area contributed by atoms with Crippen LogP contribution in [-0.4, -0.2) is 35.3 Å². The minimum atomic E-state index is -0.00151. The average molecular weight is 261 g/mol. The van der Waals surface area contributed by atoms with Gasteiger partial charge in [-0.25, -0.2) is 0 Å². The average Bonchev–Trinajstić information content (AvgIpc) is 2.75. The highest BCUT2D eigenvalue weighted by Gasteiger charge is 2.18. The molecule has 2 aromatic rings. The van der Waals surface area contributed by atoms with Crippen molar-refractivity contribution in [3.63, 3.8) is 0 Å². The van der Waals surface area contributed by atoms with Crippen molar-refractivity contribution in [1.29, 1.82) is 0 Å². The first-order valence-electron chi connectivity index (χ1n) is 6.25. The quantitative estimate of drug-likeness (QED) is 0.853. The molecular formula is C14H15NO4. The van der Waals surface area contributed by atoms with E-state index in [1.807, 2.05) is 16.7 Å².